The van der Waals surface area contributed by atoms with Crippen molar-refractivity contribution in [2.24, 2.45) is 0 Å². The third kappa shape index (κ3) is 2.03. The van der Waals surface area contributed by atoms with E-state index in [1.54, 1.807) is 23.1 Å². The number of nitrogens with one attached hydrogen (secondary N) is 1. The molecule has 0 saturated carbocycles. The monoisotopic (exact) mass is 327 g/mol. The van der Waals surface area contributed by atoms with Gasteiger partial charge in [-0.15, -0.1) is 0 Å². The number of fused-ring (bicyclic) bond motifs is 1. The lowest BCUT2D eigenvalue weighted by Crippen LogP contribution is -2.55. The van der Waals surface area contributed by atoms with Crippen LogP contribution in [0.2, 0.25) is 0 Å². The Morgan fingerprint density at radius 3 is 2.33 bits per heavy atom. The largest absolute Gasteiger partial charge is 0.357 e. The standard InChI is InChI=1S/C16H13N3O5/c20-9-6-18(7-9)8-1-2-10-11(3-8)16(24)19(15(10)23)12-5-17-14(22)4-13(12)21/h1-3,12H,4-7H2,(H,17,22). The summed E-state index contributed by atoms with van der Waals surface area (Å²) < 4.78 is 0. The highest BCUT2D eigenvalue weighted by atomic mass is 16.2. The number of imide groups is 1. The molecule has 0 spiro atoms. The van der Waals surface area contributed by atoms with Crippen molar-refractivity contribution in [3.63, 3.8) is 0 Å². The van der Waals surface area contributed by atoms with Crippen LogP contribution in [0.1, 0.15) is 27.1 Å². The smallest absolute Gasteiger partial charge is 0.262 e. The second-order valence-corrected chi connectivity index (χ2v) is 6.07. The predicted molar refractivity (Wildman–Crippen MR) is 80.6 cm³/mol. The molecule has 2 fully saturated rings. The third-order valence-electron chi connectivity index (χ3n) is 4.51. The molecule has 4 rings (SSSR count). The molecule has 1 aromatic carbocycles. The van der Waals surface area contributed by atoms with Crippen LogP contribution in [0.25, 0.3) is 0 Å². The van der Waals surface area contributed by atoms with Crippen LogP contribution >= 0.6 is 0 Å². The maximum Gasteiger partial charge on any atom is 0.262 e. The van der Waals surface area contributed by atoms with E-state index in [0.717, 1.165) is 4.90 Å². The number of ketones is 2. The van der Waals surface area contributed by atoms with Gasteiger partial charge in [-0.2, -0.15) is 0 Å². The van der Waals surface area contributed by atoms with Crippen LogP contribution in [0.4, 0.5) is 5.69 Å². The molecular formula is C16H13N3O5. The van der Waals surface area contributed by atoms with Gasteiger partial charge in [0.15, 0.2) is 11.6 Å². The summed E-state index contributed by atoms with van der Waals surface area (Å²) in [5, 5.41) is 2.51. The Morgan fingerprint density at radius 1 is 0.958 bits per heavy atom. The zero-order valence-electron chi connectivity index (χ0n) is 12.6. The summed E-state index contributed by atoms with van der Waals surface area (Å²) in [6, 6.07) is 3.84. The fourth-order valence-electron chi connectivity index (χ4n) is 3.19. The molecule has 0 aliphatic carbocycles. The number of rotatable bonds is 2. The van der Waals surface area contributed by atoms with Crippen LogP contribution in [0.5, 0.6) is 0 Å². The van der Waals surface area contributed by atoms with Gasteiger partial charge in [0.05, 0.1) is 30.6 Å². The minimum absolute atomic E-state index is 0.0589. The molecule has 24 heavy (non-hydrogen) atoms. The first-order valence-electron chi connectivity index (χ1n) is 7.53. The van der Waals surface area contributed by atoms with E-state index in [-0.39, 0.29) is 43.0 Å². The van der Waals surface area contributed by atoms with Gasteiger partial charge in [-0.1, -0.05) is 0 Å². The van der Waals surface area contributed by atoms with E-state index in [2.05, 4.69) is 5.32 Å². The Bertz CT molecular complexity index is 823. The van der Waals surface area contributed by atoms with Crippen LogP contribution in [-0.2, 0) is 14.4 Å². The minimum atomic E-state index is -0.968. The molecule has 122 valence electrons. The predicted octanol–water partition coefficient (Wildman–Crippen LogP) is -0.871. The first kappa shape index (κ1) is 14.6. The van der Waals surface area contributed by atoms with Gasteiger partial charge >= 0.3 is 0 Å². The fourth-order valence-corrected chi connectivity index (χ4v) is 3.19. The number of piperidine rings is 1. The van der Waals surface area contributed by atoms with Crippen LogP contribution < -0.4 is 10.2 Å². The summed E-state index contributed by atoms with van der Waals surface area (Å²) in [5.41, 5.74) is 1.15. The number of amides is 3. The Kier molecular flexibility index (Phi) is 3.02. The highest BCUT2D eigenvalue weighted by molar-refractivity contribution is 6.24. The van der Waals surface area contributed by atoms with E-state index in [0.29, 0.717) is 5.69 Å². The lowest BCUT2D eigenvalue weighted by Gasteiger charge is -2.31. The van der Waals surface area contributed by atoms with Gasteiger partial charge in [-0.25, -0.2) is 0 Å². The van der Waals surface area contributed by atoms with E-state index < -0.39 is 29.5 Å². The summed E-state index contributed by atoms with van der Waals surface area (Å²) in [4.78, 5) is 62.3. The minimum Gasteiger partial charge on any atom is -0.357 e. The fraction of sp³-hybridized carbons (Fsp3) is 0.312. The van der Waals surface area contributed by atoms with Crippen molar-refractivity contribution in [3.8, 4) is 0 Å². The van der Waals surface area contributed by atoms with Crippen molar-refractivity contribution in [2.75, 3.05) is 24.5 Å². The SMILES string of the molecule is O=C1CN(c2ccc3c(c2)C(=O)N(C2CNC(=O)CC2=O)C3=O)C1. The number of anilines is 1. The summed E-state index contributed by atoms with van der Waals surface area (Å²) in [6.07, 6.45) is -0.334. The molecule has 0 radical (unpaired) electrons. The zero-order chi connectivity index (χ0) is 17.0. The molecule has 1 N–H and O–H groups in total. The molecule has 3 heterocycles. The maximum absolute atomic E-state index is 12.6. The van der Waals surface area contributed by atoms with E-state index in [1.165, 1.54) is 0 Å². The lowest BCUT2D eigenvalue weighted by molar-refractivity contribution is -0.133. The molecule has 1 atom stereocenters. The summed E-state index contributed by atoms with van der Waals surface area (Å²) >= 11 is 0. The van der Waals surface area contributed by atoms with Crippen molar-refractivity contribution in [3.05, 3.63) is 29.3 Å². The number of hydrogen-bond donors (Lipinski definition) is 1. The van der Waals surface area contributed by atoms with Gasteiger partial charge in [0.2, 0.25) is 5.91 Å². The van der Waals surface area contributed by atoms with E-state index in [9.17, 15) is 24.0 Å². The molecule has 1 unspecified atom stereocenters. The molecular weight excluding hydrogens is 314 g/mol. The molecule has 3 aliphatic rings. The molecule has 1 aromatic rings. The molecule has 3 amide bonds. The molecule has 3 aliphatic heterocycles. The van der Waals surface area contributed by atoms with Gasteiger partial charge in [0.1, 0.15) is 6.04 Å². The Morgan fingerprint density at radius 2 is 1.67 bits per heavy atom. The molecule has 2 saturated heterocycles. The second kappa shape index (κ2) is 4.98. The molecule has 8 heteroatoms. The first-order chi connectivity index (χ1) is 11.5. The van der Waals surface area contributed by atoms with Crippen molar-refractivity contribution in [1.82, 2.24) is 10.2 Å². The summed E-state index contributed by atoms with van der Waals surface area (Å²) in [5.74, 6) is -1.81. The van der Waals surface area contributed by atoms with Crippen LogP contribution in [0, 0.1) is 0 Å². The zero-order valence-corrected chi connectivity index (χ0v) is 12.6. The van der Waals surface area contributed by atoms with Gasteiger partial charge in [0.25, 0.3) is 11.8 Å². The number of benzene rings is 1. The van der Waals surface area contributed by atoms with E-state index in [4.69, 9.17) is 0 Å². The second-order valence-electron chi connectivity index (χ2n) is 6.07. The highest BCUT2D eigenvalue weighted by Gasteiger charge is 2.44. The number of carbonyl (C=O) groups excluding carboxylic acids is 5. The van der Waals surface area contributed by atoms with Gasteiger partial charge in [-0.05, 0) is 18.2 Å². The summed E-state index contributed by atoms with van der Waals surface area (Å²) in [7, 11) is 0. The average Bonchev–Trinajstić information content (AvgIpc) is 2.76. The maximum atomic E-state index is 12.6. The van der Waals surface area contributed by atoms with Crippen LogP contribution in [-0.4, -0.2) is 59.9 Å². The number of nitrogens with zero attached hydrogens (tertiary/aromatic N) is 2. The average molecular weight is 327 g/mol. The van der Waals surface area contributed by atoms with Crippen LogP contribution in [0.3, 0.4) is 0 Å². The van der Waals surface area contributed by atoms with Gasteiger partial charge in [-0.3, -0.25) is 28.9 Å². The normalized spacial score (nSPS) is 23.3. The molecule has 0 aromatic heterocycles. The van der Waals surface area contributed by atoms with Crippen molar-refractivity contribution in [2.45, 2.75) is 12.5 Å². The Balaban J connectivity index is 1.64. The van der Waals surface area contributed by atoms with E-state index >= 15 is 0 Å². The third-order valence-corrected chi connectivity index (χ3v) is 4.51. The van der Waals surface area contributed by atoms with Gasteiger partial charge < -0.3 is 10.2 Å². The first-order valence-corrected chi connectivity index (χ1v) is 7.53. The number of carbonyl (C=O) groups is 5. The number of Topliss-reactive ketones (excluding diaryl/α,β-unsaturated/α-hetero) is 2. The lowest BCUT2D eigenvalue weighted by atomic mass is 10.0. The summed E-state index contributed by atoms with van der Waals surface area (Å²) in [6.45, 7) is 0.520. The molecule has 8 nitrogen and oxygen atoms in total. The van der Waals surface area contributed by atoms with E-state index in [1.807, 2.05) is 0 Å². The Labute approximate surface area is 136 Å². The number of hydrogen-bond acceptors (Lipinski definition) is 6. The van der Waals surface area contributed by atoms with Crippen molar-refractivity contribution in [1.29, 1.82) is 0 Å². The highest BCUT2D eigenvalue weighted by Crippen LogP contribution is 2.30. The molecule has 0 bridgehead atoms. The van der Waals surface area contributed by atoms with Gasteiger partial charge in [0, 0.05) is 12.2 Å². The topological polar surface area (TPSA) is 104 Å². The van der Waals surface area contributed by atoms with Crippen LogP contribution in [0.15, 0.2) is 18.2 Å². The van der Waals surface area contributed by atoms with Crippen molar-refractivity contribution < 1.29 is 24.0 Å². The van der Waals surface area contributed by atoms with Crippen molar-refractivity contribution >= 4 is 35.0 Å². The quantitative estimate of drug-likeness (QED) is 0.559. The Hall–Kier alpha value is -3.03.